The molecular weight excluding hydrogens is 248 g/mol. The Morgan fingerprint density at radius 2 is 1.94 bits per heavy atom. The molecule has 1 aromatic carbocycles. The SMILES string of the molecule is OCc1ccc(Oc2ncnc3sccc23)cc1. The Balaban J connectivity index is 1.93. The van der Waals surface area contributed by atoms with Crippen LogP contribution >= 0.6 is 11.3 Å². The lowest BCUT2D eigenvalue weighted by Crippen LogP contribution is -1.90. The van der Waals surface area contributed by atoms with Crippen LogP contribution < -0.4 is 4.74 Å². The van der Waals surface area contributed by atoms with Crippen LogP contribution in [-0.4, -0.2) is 15.1 Å². The molecule has 0 aliphatic carbocycles. The number of benzene rings is 1. The number of ether oxygens (including phenoxy) is 1. The minimum absolute atomic E-state index is 0.0303. The number of aliphatic hydroxyl groups excluding tert-OH is 1. The Hall–Kier alpha value is -1.98. The topological polar surface area (TPSA) is 55.2 Å². The van der Waals surface area contributed by atoms with Crippen molar-refractivity contribution < 1.29 is 9.84 Å². The van der Waals surface area contributed by atoms with E-state index in [2.05, 4.69) is 9.97 Å². The van der Waals surface area contributed by atoms with Gasteiger partial charge in [-0.3, -0.25) is 0 Å². The van der Waals surface area contributed by atoms with Gasteiger partial charge in [-0.1, -0.05) is 12.1 Å². The summed E-state index contributed by atoms with van der Waals surface area (Å²) in [5.74, 6) is 1.25. The van der Waals surface area contributed by atoms with Gasteiger partial charge in [-0.25, -0.2) is 9.97 Å². The third-order valence-corrected chi connectivity index (χ3v) is 3.37. The molecule has 18 heavy (non-hydrogen) atoms. The van der Waals surface area contributed by atoms with Crippen molar-refractivity contribution in [1.29, 1.82) is 0 Å². The molecule has 5 heteroatoms. The van der Waals surface area contributed by atoms with Gasteiger partial charge >= 0.3 is 0 Å². The molecule has 0 aliphatic heterocycles. The van der Waals surface area contributed by atoms with Gasteiger partial charge in [0.05, 0.1) is 12.0 Å². The van der Waals surface area contributed by atoms with Crippen LogP contribution in [0.25, 0.3) is 10.2 Å². The molecular formula is C13H10N2O2S. The molecule has 4 nitrogen and oxygen atoms in total. The highest BCUT2D eigenvalue weighted by Crippen LogP contribution is 2.29. The molecule has 0 saturated heterocycles. The van der Waals surface area contributed by atoms with Crippen molar-refractivity contribution in [3.8, 4) is 11.6 Å². The van der Waals surface area contributed by atoms with Crippen molar-refractivity contribution in [2.24, 2.45) is 0 Å². The summed E-state index contributed by atoms with van der Waals surface area (Å²) in [6.07, 6.45) is 1.50. The third kappa shape index (κ3) is 2.05. The quantitative estimate of drug-likeness (QED) is 0.784. The first-order valence-electron chi connectivity index (χ1n) is 5.42. The Bertz CT molecular complexity index is 664. The number of thiophene rings is 1. The van der Waals surface area contributed by atoms with E-state index in [1.165, 1.54) is 6.33 Å². The van der Waals surface area contributed by atoms with Gasteiger partial charge in [0.15, 0.2) is 0 Å². The van der Waals surface area contributed by atoms with Crippen molar-refractivity contribution in [3.05, 3.63) is 47.6 Å². The van der Waals surface area contributed by atoms with Gasteiger partial charge in [-0.05, 0) is 29.1 Å². The van der Waals surface area contributed by atoms with Crippen LogP contribution in [0, 0.1) is 0 Å². The Kier molecular flexibility index (Phi) is 2.92. The highest BCUT2D eigenvalue weighted by Gasteiger charge is 2.06. The number of aromatic nitrogens is 2. The van der Waals surface area contributed by atoms with E-state index in [1.807, 2.05) is 35.7 Å². The van der Waals surface area contributed by atoms with E-state index in [0.29, 0.717) is 11.6 Å². The standard InChI is InChI=1S/C13H10N2O2S/c16-7-9-1-3-10(4-2-9)17-12-11-5-6-18-13(11)15-8-14-12/h1-6,8,16H,7H2. The first kappa shape index (κ1) is 11.1. The molecule has 2 heterocycles. The van der Waals surface area contributed by atoms with Crippen molar-refractivity contribution in [2.45, 2.75) is 6.61 Å². The second-order valence-corrected chi connectivity index (χ2v) is 4.62. The molecule has 0 amide bonds. The van der Waals surface area contributed by atoms with E-state index >= 15 is 0 Å². The van der Waals surface area contributed by atoms with E-state index in [0.717, 1.165) is 15.8 Å². The highest BCUT2D eigenvalue weighted by molar-refractivity contribution is 7.16. The smallest absolute Gasteiger partial charge is 0.231 e. The molecule has 3 aromatic rings. The zero-order chi connectivity index (χ0) is 12.4. The predicted octanol–water partition coefficient (Wildman–Crippen LogP) is 2.98. The van der Waals surface area contributed by atoms with Gasteiger partial charge in [0.1, 0.15) is 16.9 Å². The molecule has 0 unspecified atom stereocenters. The zero-order valence-electron chi connectivity index (χ0n) is 9.41. The third-order valence-electron chi connectivity index (χ3n) is 2.55. The maximum absolute atomic E-state index is 8.97. The number of nitrogens with zero attached hydrogens (tertiary/aromatic N) is 2. The van der Waals surface area contributed by atoms with E-state index in [1.54, 1.807) is 11.3 Å². The molecule has 3 rings (SSSR count). The lowest BCUT2D eigenvalue weighted by atomic mass is 10.2. The van der Waals surface area contributed by atoms with Crippen LogP contribution in [0.4, 0.5) is 0 Å². The zero-order valence-corrected chi connectivity index (χ0v) is 10.2. The average Bonchev–Trinajstić information content (AvgIpc) is 2.89. The molecule has 0 bridgehead atoms. The fourth-order valence-electron chi connectivity index (χ4n) is 1.62. The first-order valence-corrected chi connectivity index (χ1v) is 6.30. The maximum atomic E-state index is 8.97. The Morgan fingerprint density at radius 1 is 1.11 bits per heavy atom. The van der Waals surface area contributed by atoms with Gasteiger partial charge in [-0.15, -0.1) is 11.3 Å². The van der Waals surface area contributed by atoms with Crippen molar-refractivity contribution in [2.75, 3.05) is 0 Å². The summed E-state index contributed by atoms with van der Waals surface area (Å²) < 4.78 is 5.72. The van der Waals surface area contributed by atoms with Gasteiger partial charge in [0, 0.05) is 0 Å². The second kappa shape index (κ2) is 4.72. The van der Waals surface area contributed by atoms with E-state index in [-0.39, 0.29) is 6.61 Å². The van der Waals surface area contributed by atoms with Crippen molar-refractivity contribution in [3.63, 3.8) is 0 Å². The number of hydrogen-bond acceptors (Lipinski definition) is 5. The van der Waals surface area contributed by atoms with Crippen LogP contribution in [0.5, 0.6) is 11.6 Å². The summed E-state index contributed by atoms with van der Waals surface area (Å²) in [4.78, 5) is 9.22. The Morgan fingerprint density at radius 3 is 2.72 bits per heavy atom. The molecule has 2 aromatic heterocycles. The lowest BCUT2D eigenvalue weighted by molar-refractivity contribution is 0.281. The summed E-state index contributed by atoms with van der Waals surface area (Å²) in [5.41, 5.74) is 0.853. The largest absolute Gasteiger partial charge is 0.438 e. The minimum Gasteiger partial charge on any atom is -0.438 e. The molecule has 0 fully saturated rings. The highest BCUT2D eigenvalue weighted by atomic mass is 32.1. The molecule has 0 aliphatic rings. The summed E-state index contributed by atoms with van der Waals surface area (Å²) in [6.45, 7) is 0.0303. The molecule has 0 atom stereocenters. The van der Waals surface area contributed by atoms with Gasteiger partial charge in [-0.2, -0.15) is 0 Å². The number of rotatable bonds is 3. The van der Waals surface area contributed by atoms with Crippen LogP contribution in [0.15, 0.2) is 42.0 Å². The molecule has 0 saturated carbocycles. The number of hydrogen-bond donors (Lipinski definition) is 1. The molecule has 1 N–H and O–H groups in total. The fraction of sp³-hybridized carbons (Fsp3) is 0.0769. The van der Waals surface area contributed by atoms with E-state index in [9.17, 15) is 0 Å². The first-order chi connectivity index (χ1) is 8.86. The fourth-order valence-corrected chi connectivity index (χ4v) is 2.35. The van der Waals surface area contributed by atoms with Gasteiger partial charge in [0.2, 0.25) is 5.88 Å². The minimum atomic E-state index is 0.0303. The lowest BCUT2D eigenvalue weighted by Gasteiger charge is -2.05. The summed E-state index contributed by atoms with van der Waals surface area (Å²) >= 11 is 1.55. The second-order valence-electron chi connectivity index (χ2n) is 3.72. The van der Waals surface area contributed by atoms with Gasteiger partial charge in [0.25, 0.3) is 0 Å². The summed E-state index contributed by atoms with van der Waals surface area (Å²) in [7, 11) is 0. The predicted molar refractivity (Wildman–Crippen MR) is 69.9 cm³/mol. The number of fused-ring (bicyclic) bond motifs is 1. The number of aliphatic hydroxyl groups is 1. The van der Waals surface area contributed by atoms with Crippen molar-refractivity contribution >= 4 is 21.6 Å². The van der Waals surface area contributed by atoms with Crippen LogP contribution in [-0.2, 0) is 6.61 Å². The van der Waals surface area contributed by atoms with E-state index in [4.69, 9.17) is 9.84 Å². The maximum Gasteiger partial charge on any atom is 0.231 e. The Labute approximate surface area is 108 Å². The molecule has 0 spiro atoms. The van der Waals surface area contributed by atoms with Crippen LogP contribution in [0.3, 0.4) is 0 Å². The molecule has 90 valence electrons. The van der Waals surface area contributed by atoms with Crippen molar-refractivity contribution in [1.82, 2.24) is 9.97 Å². The monoisotopic (exact) mass is 258 g/mol. The normalized spacial score (nSPS) is 10.7. The van der Waals surface area contributed by atoms with E-state index < -0.39 is 0 Å². The van der Waals surface area contributed by atoms with Crippen LogP contribution in [0.2, 0.25) is 0 Å². The molecule has 0 radical (unpaired) electrons. The summed E-state index contributed by atoms with van der Waals surface area (Å²) in [5, 5.41) is 11.8. The summed E-state index contributed by atoms with van der Waals surface area (Å²) in [6, 6.07) is 9.21. The van der Waals surface area contributed by atoms with Crippen LogP contribution in [0.1, 0.15) is 5.56 Å². The average molecular weight is 258 g/mol. The van der Waals surface area contributed by atoms with Gasteiger partial charge < -0.3 is 9.84 Å².